The van der Waals surface area contributed by atoms with Crippen LogP contribution in [0.25, 0.3) is 10.2 Å². The third kappa shape index (κ3) is 3.05. The van der Waals surface area contributed by atoms with Crippen LogP contribution in [0.4, 0.5) is 11.8 Å². The maximum absolute atomic E-state index is 4.55. The second-order valence-corrected chi connectivity index (χ2v) is 5.87. The molecule has 0 amide bonds. The Morgan fingerprint density at radius 2 is 2.28 bits per heavy atom. The molecule has 2 rings (SSSR count). The van der Waals surface area contributed by atoms with E-state index in [0.717, 1.165) is 28.3 Å². The highest BCUT2D eigenvalue weighted by molar-refractivity contribution is 7.98. The minimum Gasteiger partial charge on any atom is -0.366 e. The Morgan fingerprint density at radius 1 is 1.44 bits per heavy atom. The molecule has 2 N–H and O–H groups in total. The van der Waals surface area contributed by atoms with Gasteiger partial charge in [0.05, 0.1) is 5.39 Å². The molecule has 2 heterocycles. The molecule has 0 aliphatic rings. The number of nitrogens with zero attached hydrogens (tertiary/aromatic N) is 2. The standard InChI is InChI=1S/C12H18N4S2/c1-4-13-12-15-10(14-8(2)7-17-3)9-5-6-18-11(9)16-12/h5-6,8H,4,7H2,1-3H3,(H2,13,14,15,16). The van der Waals surface area contributed by atoms with E-state index in [9.17, 15) is 0 Å². The third-order valence-corrected chi connectivity index (χ3v) is 4.10. The van der Waals surface area contributed by atoms with Crippen molar-refractivity contribution in [2.75, 3.05) is 29.2 Å². The smallest absolute Gasteiger partial charge is 0.226 e. The van der Waals surface area contributed by atoms with Crippen molar-refractivity contribution in [1.29, 1.82) is 0 Å². The lowest BCUT2D eigenvalue weighted by Gasteiger charge is -2.14. The van der Waals surface area contributed by atoms with Crippen LogP contribution in [0.3, 0.4) is 0 Å². The van der Waals surface area contributed by atoms with E-state index < -0.39 is 0 Å². The van der Waals surface area contributed by atoms with Gasteiger partial charge in [0.15, 0.2) is 0 Å². The number of rotatable bonds is 6. The van der Waals surface area contributed by atoms with Gasteiger partial charge in [0.2, 0.25) is 5.95 Å². The van der Waals surface area contributed by atoms with Gasteiger partial charge in [-0.05, 0) is 31.5 Å². The van der Waals surface area contributed by atoms with E-state index in [1.165, 1.54) is 0 Å². The third-order valence-electron chi connectivity index (χ3n) is 2.46. The first kappa shape index (κ1) is 13.4. The van der Waals surface area contributed by atoms with Crippen molar-refractivity contribution in [2.45, 2.75) is 19.9 Å². The van der Waals surface area contributed by atoms with Gasteiger partial charge in [-0.3, -0.25) is 0 Å². The zero-order valence-electron chi connectivity index (χ0n) is 10.9. The molecule has 98 valence electrons. The van der Waals surface area contributed by atoms with Crippen molar-refractivity contribution < 1.29 is 0 Å². The Kier molecular flexibility index (Phi) is 4.66. The van der Waals surface area contributed by atoms with Gasteiger partial charge < -0.3 is 10.6 Å². The number of thiophene rings is 1. The van der Waals surface area contributed by atoms with Crippen molar-refractivity contribution in [3.63, 3.8) is 0 Å². The van der Waals surface area contributed by atoms with Gasteiger partial charge in [-0.2, -0.15) is 16.7 Å². The Hall–Kier alpha value is -1.01. The summed E-state index contributed by atoms with van der Waals surface area (Å²) >= 11 is 3.48. The molecule has 18 heavy (non-hydrogen) atoms. The molecule has 4 nitrogen and oxygen atoms in total. The molecule has 0 fully saturated rings. The molecule has 0 radical (unpaired) electrons. The minimum absolute atomic E-state index is 0.396. The molecule has 0 aliphatic heterocycles. The molecule has 1 atom stereocenters. The summed E-state index contributed by atoms with van der Waals surface area (Å²) in [4.78, 5) is 10.1. The van der Waals surface area contributed by atoms with Gasteiger partial charge in [-0.1, -0.05) is 0 Å². The van der Waals surface area contributed by atoms with Gasteiger partial charge in [0, 0.05) is 18.3 Å². The summed E-state index contributed by atoms with van der Waals surface area (Å²) in [5.41, 5.74) is 0. The number of anilines is 2. The maximum atomic E-state index is 4.55. The predicted octanol–water partition coefficient (Wildman–Crippen LogP) is 3.29. The molecule has 6 heteroatoms. The summed E-state index contributed by atoms with van der Waals surface area (Å²) in [5, 5.41) is 9.80. The van der Waals surface area contributed by atoms with Gasteiger partial charge in [-0.25, -0.2) is 4.98 Å². The molecular formula is C12H18N4S2. The Balaban J connectivity index is 2.31. The second kappa shape index (κ2) is 6.24. The Morgan fingerprint density at radius 3 is 3.00 bits per heavy atom. The van der Waals surface area contributed by atoms with Gasteiger partial charge >= 0.3 is 0 Å². The summed E-state index contributed by atoms with van der Waals surface area (Å²) in [6, 6.07) is 2.47. The van der Waals surface area contributed by atoms with Crippen LogP contribution in [-0.2, 0) is 0 Å². The number of thioether (sulfide) groups is 1. The summed E-state index contributed by atoms with van der Waals surface area (Å²) in [6.07, 6.45) is 2.11. The summed E-state index contributed by atoms with van der Waals surface area (Å²) < 4.78 is 0. The first-order chi connectivity index (χ1) is 8.74. The number of hydrogen-bond donors (Lipinski definition) is 2. The highest BCUT2D eigenvalue weighted by atomic mass is 32.2. The fourth-order valence-electron chi connectivity index (χ4n) is 1.73. The van der Waals surface area contributed by atoms with E-state index in [2.05, 4.69) is 45.2 Å². The number of aromatic nitrogens is 2. The molecule has 0 bridgehead atoms. The van der Waals surface area contributed by atoms with E-state index >= 15 is 0 Å². The van der Waals surface area contributed by atoms with E-state index in [1.54, 1.807) is 11.3 Å². The van der Waals surface area contributed by atoms with Crippen LogP contribution in [0.15, 0.2) is 11.4 Å². The monoisotopic (exact) mass is 282 g/mol. The van der Waals surface area contributed by atoms with Crippen molar-refractivity contribution in [1.82, 2.24) is 9.97 Å². The lowest BCUT2D eigenvalue weighted by molar-refractivity contribution is 0.904. The molecule has 0 aromatic carbocycles. The molecule has 0 saturated heterocycles. The molecule has 1 unspecified atom stereocenters. The molecular weight excluding hydrogens is 264 g/mol. The number of hydrogen-bond acceptors (Lipinski definition) is 6. The zero-order valence-corrected chi connectivity index (χ0v) is 12.5. The average Bonchev–Trinajstić information content (AvgIpc) is 2.78. The number of nitrogens with one attached hydrogen (secondary N) is 2. The normalized spacial score (nSPS) is 12.6. The topological polar surface area (TPSA) is 49.8 Å². The van der Waals surface area contributed by atoms with Crippen LogP contribution in [0.5, 0.6) is 0 Å². The van der Waals surface area contributed by atoms with Crippen molar-refractivity contribution in [3.8, 4) is 0 Å². The first-order valence-corrected chi connectivity index (χ1v) is 8.26. The lowest BCUT2D eigenvalue weighted by atomic mass is 10.3. The molecule has 0 saturated carbocycles. The SMILES string of the molecule is CCNc1nc(NC(C)CSC)c2ccsc2n1. The Labute approximate surface area is 116 Å². The quantitative estimate of drug-likeness (QED) is 0.851. The van der Waals surface area contributed by atoms with Crippen LogP contribution < -0.4 is 10.6 Å². The van der Waals surface area contributed by atoms with E-state index in [0.29, 0.717) is 12.0 Å². The van der Waals surface area contributed by atoms with E-state index in [-0.39, 0.29) is 0 Å². The fourth-order valence-corrected chi connectivity index (χ4v) is 3.07. The molecule has 2 aromatic rings. The van der Waals surface area contributed by atoms with Crippen LogP contribution in [0.2, 0.25) is 0 Å². The summed E-state index contributed by atoms with van der Waals surface area (Å²) in [7, 11) is 0. The van der Waals surface area contributed by atoms with Crippen LogP contribution in [0, 0.1) is 0 Å². The molecule has 0 spiro atoms. The second-order valence-electron chi connectivity index (χ2n) is 4.07. The summed E-state index contributed by atoms with van der Waals surface area (Å²) in [6.45, 7) is 5.05. The van der Waals surface area contributed by atoms with E-state index in [4.69, 9.17) is 0 Å². The minimum atomic E-state index is 0.396. The van der Waals surface area contributed by atoms with E-state index in [1.807, 2.05) is 18.7 Å². The fraction of sp³-hybridized carbons (Fsp3) is 0.500. The summed E-state index contributed by atoms with van der Waals surface area (Å²) in [5.74, 6) is 2.69. The zero-order chi connectivity index (χ0) is 13.0. The molecule has 2 aromatic heterocycles. The largest absolute Gasteiger partial charge is 0.366 e. The van der Waals surface area contributed by atoms with Crippen molar-refractivity contribution in [2.24, 2.45) is 0 Å². The Bertz CT molecular complexity index is 512. The molecule has 0 aliphatic carbocycles. The van der Waals surface area contributed by atoms with Gasteiger partial charge in [0.25, 0.3) is 0 Å². The highest BCUT2D eigenvalue weighted by Crippen LogP contribution is 2.27. The predicted molar refractivity (Wildman–Crippen MR) is 83.0 cm³/mol. The van der Waals surface area contributed by atoms with Crippen LogP contribution >= 0.6 is 23.1 Å². The number of fused-ring (bicyclic) bond motifs is 1. The van der Waals surface area contributed by atoms with Gasteiger partial charge in [-0.15, -0.1) is 11.3 Å². The van der Waals surface area contributed by atoms with Crippen molar-refractivity contribution >= 4 is 45.1 Å². The maximum Gasteiger partial charge on any atom is 0.226 e. The van der Waals surface area contributed by atoms with Crippen LogP contribution in [-0.4, -0.2) is 34.6 Å². The van der Waals surface area contributed by atoms with Crippen LogP contribution in [0.1, 0.15) is 13.8 Å². The first-order valence-electron chi connectivity index (χ1n) is 5.99. The van der Waals surface area contributed by atoms with Crippen molar-refractivity contribution in [3.05, 3.63) is 11.4 Å². The lowest BCUT2D eigenvalue weighted by Crippen LogP contribution is -2.19. The average molecular weight is 282 g/mol. The van der Waals surface area contributed by atoms with Gasteiger partial charge in [0.1, 0.15) is 10.6 Å². The highest BCUT2D eigenvalue weighted by Gasteiger charge is 2.10.